The zero-order valence-corrected chi connectivity index (χ0v) is 16.1. The summed E-state index contributed by atoms with van der Waals surface area (Å²) in [7, 11) is 0. The van der Waals surface area contributed by atoms with Crippen molar-refractivity contribution in [1.29, 1.82) is 0 Å². The molecular formula is C17H17Cl3N4O2. The first kappa shape index (κ1) is 20.2. The molecule has 0 atom stereocenters. The van der Waals surface area contributed by atoms with Crippen molar-refractivity contribution in [1.82, 2.24) is 16.1 Å². The minimum atomic E-state index is -0.474. The molecule has 3 amide bonds. The number of carbonyl (C=O) groups excluding carboxylic acids is 2. The third-order valence-electron chi connectivity index (χ3n) is 3.32. The average molecular weight is 416 g/mol. The second-order valence-corrected chi connectivity index (χ2v) is 6.69. The highest BCUT2D eigenvalue weighted by molar-refractivity contribution is 6.41. The predicted molar refractivity (Wildman–Crippen MR) is 105 cm³/mol. The van der Waals surface area contributed by atoms with Gasteiger partial charge in [-0.05, 0) is 24.6 Å². The Morgan fingerprint density at radius 1 is 0.962 bits per heavy atom. The Balaban J connectivity index is 1.73. The number of hydrogen-bond acceptors (Lipinski definition) is 3. The summed E-state index contributed by atoms with van der Waals surface area (Å²) in [4.78, 5) is 23.5. The summed E-state index contributed by atoms with van der Waals surface area (Å²) >= 11 is 17.8. The van der Waals surface area contributed by atoms with Crippen molar-refractivity contribution < 1.29 is 9.59 Å². The Morgan fingerprint density at radius 3 is 2.19 bits per heavy atom. The van der Waals surface area contributed by atoms with Gasteiger partial charge in [0.1, 0.15) is 6.54 Å². The zero-order valence-electron chi connectivity index (χ0n) is 13.8. The fourth-order valence-electron chi connectivity index (χ4n) is 1.95. The van der Waals surface area contributed by atoms with E-state index in [2.05, 4.69) is 21.5 Å². The van der Waals surface area contributed by atoms with E-state index in [9.17, 15) is 9.59 Å². The Bertz CT molecular complexity index is 774. The van der Waals surface area contributed by atoms with E-state index >= 15 is 0 Å². The smallest absolute Gasteiger partial charge is 0.315 e. The van der Waals surface area contributed by atoms with Gasteiger partial charge in [-0.25, -0.2) is 4.79 Å². The van der Waals surface area contributed by atoms with E-state index < -0.39 is 11.9 Å². The Kier molecular flexibility index (Phi) is 7.38. The number of nitrogens with one attached hydrogen (secondary N) is 4. The van der Waals surface area contributed by atoms with Crippen molar-refractivity contribution in [3.05, 3.63) is 62.6 Å². The average Bonchev–Trinajstić information content (AvgIpc) is 2.58. The molecule has 2 rings (SSSR count). The van der Waals surface area contributed by atoms with Gasteiger partial charge >= 0.3 is 6.03 Å². The van der Waals surface area contributed by atoms with Gasteiger partial charge in [-0.15, -0.1) is 0 Å². The minimum Gasteiger partial charge on any atom is -0.334 e. The molecular weight excluding hydrogens is 399 g/mol. The van der Waals surface area contributed by atoms with Gasteiger partial charge in [0.25, 0.3) is 5.91 Å². The third kappa shape index (κ3) is 6.29. The van der Waals surface area contributed by atoms with Crippen molar-refractivity contribution >= 4 is 52.4 Å². The molecule has 4 N–H and O–H groups in total. The lowest BCUT2D eigenvalue weighted by Crippen LogP contribution is -2.43. The quantitative estimate of drug-likeness (QED) is 0.540. The maximum Gasteiger partial charge on any atom is 0.315 e. The van der Waals surface area contributed by atoms with Gasteiger partial charge in [0.15, 0.2) is 0 Å². The van der Waals surface area contributed by atoms with Crippen molar-refractivity contribution in [2.75, 3.05) is 12.0 Å². The van der Waals surface area contributed by atoms with Crippen molar-refractivity contribution in [2.45, 2.75) is 13.5 Å². The normalized spacial score (nSPS) is 10.2. The monoisotopic (exact) mass is 414 g/mol. The highest BCUT2D eigenvalue weighted by atomic mass is 35.5. The highest BCUT2D eigenvalue weighted by Crippen LogP contribution is 2.32. The summed E-state index contributed by atoms with van der Waals surface area (Å²) in [5.74, 6) is -0.474. The van der Waals surface area contributed by atoms with Crippen LogP contribution < -0.4 is 21.5 Å². The highest BCUT2D eigenvalue weighted by Gasteiger charge is 2.10. The van der Waals surface area contributed by atoms with E-state index in [-0.39, 0.29) is 16.6 Å². The number of rotatable bonds is 6. The van der Waals surface area contributed by atoms with Gasteiger partial charge in [-0.3, -0.25) is 15.6 Å². The molecule has 2 aromatic carbocycles. The molecule has 9 heteroatoms. The summed E-state index contributed by atoms with van der Waals surface area (Å²) in [6.45, 7) is 2.12. The topological polar surface area (TPSA) is 82.3 Å². The SMILES string of the molecule is Cc1ccc(CNC(=O)NCC(=O)NNc2c(Cl)cc(Cl)cc2Cl)cc1. The molecule has 0 spiro atoms. The third-order valence-corrected chi connectivity index (χ3v) is 4.13. The fourth-order valence-corrected chi connectivity index (χ4v) is 2.86. The van der Waals surface area contributed by atoms with Crippen LogP contribution in [-0.4, -0.2) is 18.5 Å². The molecule has 0 unspecified atom stereocenters. The van der Waals surface area contributed by atoms with Crippen LogP contribution in [0.5, 0.6) is 0 Å². The maximum absolute atomic E-state index is 11.8. The lowest BCUT2D eigenvalue weighted by molar-refractivity contribution is -0.119. The van der Waals surface area contributed by atoms with E-state index in [0.717, 1.165) is 11.1 Å². The summed E-state index contributed by atoms with van der Waals surface area (Å²) < 4.78 is 0. The van der Waals surface area contributed by atoms with Gasteiger partial charge < -0.3 is 10.6 Å². The van der Waals surface area contributed by atoms with Crippen molar-refractivity contribution in [2.24, 2.45) is 0 Å². The van der Waals surface area contributed by atoms with Crippen molar-refractivity contribution in [3.63, 3.8) is 0 Å². The molecule has 0 aliphatic rings. The molecule has 0 aromatic heterocycles. The molecule has 0 fully saturated rings. The number of amides is 3. The first-order valence-corrected chi connectivity index (χ1v) is 8.75. The Labute approximate surface area is 166 Å². The molecule has 0 saturated carbocycles. The molecule has 0 saturated heterocycles. The molecule has 6 nitrogen and oxygen atoms in total. The molecule has 0 bridgehead atoms. The van der Waals surface area contributed by atoms with Gasteiger partial charge in [0.05, 0.1) is 15.7 Å². The molecule has 0 heterocycles. The lowest BCUT2D eigenvalue weighted by Gasteiger charge is -2.13. The predicted octanol–water partition coefficient (Wildman–Crippen LogP) is 3.90. The summed E-state index contributed by atoms with van der Waals surface area (Å²) in [6, 6.07) is 10.3. The number of hydrazine groups is 1. The van der Waals surface area contributed by atoms with Crippen molar-refractivity contribution in [3.8, 4) is 0 Å². The first-order chi connectivity index (χ1) is 12.3. The van der Waals surface area contributed by atoms with Crippen LogP contribution in [0.1, 0.15) is 11.1 Å². The minimum absolute atomic E-state index is 0.227. The number of halogens is 3. The second kappa shape index (κ2) is 9.52. The van der Waals surface area contributed by atoms with Gasteiger partial charge in [-0.1, -0.05) is 64.6 Å². The van der Waals surface area contributed by atoms with E-state index in [0.29, 0.717) is 17.3 Å². The maximum atomic E-state index is 11.8. The van der Waals surface area contributed by atoms with Gasteiger partial charge in [-0.2, -0.15) is 0 Å². The Hall–Kier alpha value is -2.15. The van der Waals surface area contributed by atoms with Crippen LogP contribution in [0.2, 0.25) is 15.1 Å². The lowest BCUT2D eigenvalue weighted by atomic mass is 10.1. The van der Waals surface area contributed by atoms with Crippen LogP contribution in [0.15, 0.2) is 36.4 Å². The van der Waals surface area contributed by atoms with Gasteiger partial charge in [0, 0.05) is 11.6 Å². The molecule has 2 aromatic rings. The molecule has 0 aliphatic heterocycles. The second-order valence-electron chi connectivity index (χ2n) is 5.44. The van der Waals surface area contributed by atoms with Crippen LogP contribution in [0.3, 0.4) is 0 Å². The summed E-state index contributed by atoms with van der Waals surface area (Å²) in [5, 5.41) is 6.00. The zero-order chi connectivity index (χ0) is 19.1. The van der Waals surface area contributed by atoms with Crippen LogP contribution in [-0.2, 0) is 11.3 Å². The van der Waals surface area contributed by atoms with E-state index in [1.807, 2.05) is 31.2 Å². The number of carbonyl (C=O) groups is 2. The molecule has 0 aliphatic carbocycles. The number of benzene rings is 2. The van der Waals surface area contributed by atoms with Crippen LogP contribution in [0.25, 0.3) is 0 Å². The number of aryl methyl sites for hydroxylation is 1. The standard InChI is InChI=1S/C17H17Cl3N4O2/c1-10-2-4-11(5-3-10)8-21-17(26)22-9-15(25)23-24-16-13(19)6-12(18)7-14(16)20/h2-7,24H,8-9H2,1H3,(H,23,25)(H2,21,22,26). The van der Waals surface area contributed by atoms with Crippen LogP contribution in [0.4, 0.5) is 10.5 Å². The summed E-state index contributed by atoms with van der Waals surface area (Å²) in [6.07, 6.45) is 0. The summed E-state index contributed by atoms with van der Waals surface area (Å²) in [5.41, 5.74) is 7.41. The van der Waals surface area contributed by atoms with Gasteiger partial charge in [0.2, 0.25) is 0 Å². The molecule has 26 heavy (non-hydrogen) atoms. The molecule has 0 radical (unpaired) electrons. The number of urea groups is 1. The van der Waals surface area contributed by atoms with Crippen LogP contribution >= 0.6 is 34.8 Å². The van der Waals surface area contributed by atoms with E-state index in [4.69, 9.17) is 34.8 Å². The van der Waals surface area contributed by atoms with E-state index in [1.54, 1.807) is 0 Å². The fraction of sp³-hybridized carbons (Fsp3) is 0.176. The van der Waals surface area contributed by atoms with Crippen LogP contribution in [0, 0.1) is 6.92 Å². The Morgan fingerprint density at radius 2 is 1.58 bits per heavy atom. The largest absolute Gasteiger partial charge is 0.334 e. The first-order valence-electron chi connectivity index (χ1n) is 7.62. The number of hydrogen-bond donors (Lipinski definition) is 4. The molecule has 138 valence electrons. The van der Waals surface area contributed by atoms with E-state index in [1.165, 1.54) is 12.1 Å². The number of anilines is 1.